The van der Waals surface area contributed by atoms with E-state index in [1.54, 1.807) is 19.2 Å². The molecule has 3 rings (SSSR count). The van der Waals surface area contributed by atoms with E-state index >= 15 is 0 Å². The number of hydrogen-bond acceptors (Lipinski definition) is 7. The summed E-state index contributed by atoms with van der Waals surface area (Å²) >= 11 is 1.24. The topological polar surface area (TPSA) is 96.1 Å². The summed E-state index contributed by atoms with van der Waals surface area (Å²) in [6.45, 7) is 0. The predicted molar refractivity (Wildman–Crippen MR) is 78.5 cm³/mol. The Kier molecular flexibility index (Phi) is 3.72. The van der Waals surface area contributed by atoms with Crippen LogP contribution < -0.4 is 11.2 Å². The van der Waals surface area contributed by atoms with Crippen molar-refractivity contribution in [1.82, 2.24) is 19.3 Å². The van der Waals surface area contributed by atoms with E-state index in [1.807, 2.05) is 0 Å². The number of nitrogens with zero attached hydrogens (tertiary/aromatic N) is 4. The van der Waals surface area contributed by atoms with Crippen LogP contribution in [0.1, 0.15) is 5.69 Å². The van der Waals surface area contributed by atoms with E-state index in [1.165, 1.54) is 35.7 Å². The average molecular weight is 320 g/mol. The van der Waals surface area contributed by atoms with Gasteiger partial charge in [-0.05, 0) is 12.1 Å². The zero-order chi connectivity index (χ0) is 15.7. The summed E-state index contributed by atoms with van der Waals surface area (Å²) in [5.74, 6) is 1.13. The lowest BCUT2D eigenvalue weighted by Crippen LogP contribution is -2.37. The zero-order valence-electron chi connectivity index (χ0n) is 11.8. The fraction of sp³-hybridized carbons (Fsp3) is 0.231. The molecule has 0 saturated carbocycles. The van der Waals surface area contributed by atoms with Gasteiger partial charge in [0.05, 0.1) is 6.26 Å². The van der Waals surface area contributed by atoms with Crippen molar-refractivity contribution >= 4 is 11.8 Å². The Morgan fingerprint density at radius 3 is 2.77 bits per heavy atom. The first-order chi connectivity index (χ1) is 10.6. The first-order valence-electron chi connectivity index (χ1n) is 6.32. The maximum atomic E-state index is 11.8. The Morgan fingerprint density at radius 1 is 1.23 bits per heavy atom. The third kappa shape index (κ3) is 2.62. The predicted octanol–water partition coefficient (Wildman–Crippen LogP) is 1.02. The lowest BCUT2D eigenvalue weighted by molar-refractivity contribution is 0.447. The van der Waals surface area contributed by atoms with E-state index in [9.17, 15) is 9.59 Å². The minimum Gasteiger partial charge on any atom is -0.459 e. The zero-order valence-corrected chi connectivity index (χ0v) is 12.7. The van der Waals surface area contributed by atoms with Crippen LogP contribution in [0.3, 0.4) is 0 Å². The maximum Gasteiger partial charge on any atom is 0.330 e. The highest BCUT2D eigenvalue weighted by molar-refractivity contribution is 7.98. The molecule has 3 heterocycles. The first-order valence-corrected chi connectivity index (χ1v) is 7.31. The molecule has 0 aliphatic heterocycles. The van der Waals surface area contributed by atoms with Crippen molar-refractivity contribution in [2.75, 3.05) is 0 Å². The Balaban J connectivity index is 1.79. The number of rotatable bonds is 4. The molecular formula is C13H12N4O4S. The van der Waals surface area contributed by atoms with Gasteiger partial charge in [-0.2, -0.15) is 0 Å². The molecular weight excluding hydrogens is 308 g/mol. The number of thioether (sulfide) groups is 1. The van der Waals surface area contributed by atoms with E-state index in [2.05, 4.69) is 10.2 Å². The van der Waals surface area contributed by atoms with Crippen molar-refractivity contribution in [1.29, 1.82) is 0 Å². The smallest absolute Gasteiger partial charge is 0.330 e. The Labute approximate surface area is 128 Å². The van der Waals surface area contributed by atoms with Crippen LogP contribution in [-0.4, -0.2) is 19.3 Å². The molecule has 3 aromatic rings. The van der Waals surface area contributed by atoms with Crippen molar-refractivity contribution in [2.24, 2.45) is 14.1 Å². The Hall–Kier alpha value is -2.55. The number of hydrogen-bond donors (Lipinski definition) is 0. The van der Waals surface area contributed by atoms with Crippen LogP contribution in [0, 0.1) is 0 Å². The molecule has 114 valence electrons. The van der Waals surface area contributed by atoms with Crippen molar-refractivity contribution in [2.45, 2.75) is 11.0 Å². The molecule has 0 aromatic carbocycles. The van der Waals surface area contributed by atoms with Gasteiger partial charge in [-0.3, -0.25) is 13.9 Å². The van der Waals surface area contributed by atoms with Crippen LogP contribution in [0.25, 0.3) is 11.7 Å². The van der Waals surface area contributed by atoms with Gasteiger partial charge in [-0.1, -0.05) is 11.8 Å². The highest BCUT2D eigenvalue weighted by Gasteiger charge is 2.13. The molecule has 8 nitrogen and oxygen atoms in total. The van der Waals surface area contributed by atoms with E-state index in [-0.39, 0.29) is 17.1 Å². The van der Waals surface area contributed by atoms with Gasteiger partial charge < -0.3 is 8.83 Å². The molecule has 0 aliphatic carbocycles. The normalized spacial score (nSPS) is 11.0. The highest BCUT2D eigenvalue weighted by atomic mass is 32.2. The van der Waals surface area contributed by atoms with Crippen molar-refractivity contribution in [3.8, 4) is 11.7 Å². The van der Waals surface area contributed by atoms with E-state index in [0.717, 1.165) is 4.57 Å². The van der Waals surface area contributed by atoms with E-state index < -0.39 is 0 Å². The molecule has 0 radical (unpaired) electrons. The lowest BCUT2D eigenvalue weighted by atomic mass is 10.4. The average Bonchev–Trinajstić information content (AvgIpc) is 3.18. The molecule has 3 aromatic heterocycles. The van der Waals surface area contributed by atoms with Gasteiger partial charge in [0, 0.05) is 31.6 Å². The van der Waals surface area contributed by atoms with E-state index in [0.29, 0.717) is 22.4 Å². The quantitative estimate of drug-likeness (QED) is 0.662. The van der Waals surface area contributed by atoms with Crippen LogP contribution in [0.5, 0.6) is 0 Å². The first kappa shape index (κ1) is 14.4. The molecule has 0 spiro atoms. The number of furan rings is 1. The maximum absolute atomic E-state index is 11.8. The Bertz CT molecular complexity index is 907. The molecule has 9 heteroatoms. The van der Waals surface area contributed by atoms with Crippen molar-refractivity contribution < 1.29 is 8.83 Å². The second-order valence-electron chi connectivity index (χ2n) is 4.51. The van der Waals surface area contributed by atoms with Crippen molar-refractivity contribution in [3.05, 3.63) is 51.0 Å². The Morgan fingerprint density at radius 2 is 2.05 bits per heavy atom. The van der Waals surface area contributed by atoms with Gasteiger partial charge in [0.25, 0.3) is 16.7 Å². The van der Waals surface area contributed by atoms with Gasteiger partial charge in [0.1, 0.15) is 0 Å². The molecule has 0 bridgehead atoms. The summed E-state index contributed by atoms with van der Waals surface area (Å²) < 4.78 is 13.1. The summed E-state index contributed by atoms with van der Waals surface area (Å²) in [5, 5.41) is 8.10. The molecule has 22 heavy (non-hydrogen) atoms. The third-order valence-electron chi connectivity index (χ3n) is 3.11. The van der Waals surface area contributed by atoms with Gasteiger partial charge in [-0.25, -0.2) is 4.79 Å². The fourth-order valence-electron chi connectivity index (χ4n) is 1.82. The molecule has 0 N–H and O–H groups in total. The second-order valence-corrected chi connectivity index (χ2v) is 5.44. The highest BCUT2D eigenvalue weighted by Crippen LogP contribution is 2.25. The fourth-order valence-corrected chi connectivity index (χ4v) is 2.61. The summed E-state index contributed by atoms with van der Waals surface area (Å²) in [5.41, 5.74) is -0.138. The van der Waals surface area contributed by atoms with Crippen molar-refractivity contribution in [3.63, 3.8) is 0 Å². The minimum atomic E-state index is -0.370. The molecule has 0 amide bonds. The monoisotopic (exact) mass is 320 g/mol. The van der Waals surface area contributed by atoms with Gasteiger partial charge in [-0.15, -0.1) is 10.2 Å². The lowest BCUT2D eigenvalue weighted by Gasteiger charge is -2.07. The van der Waals surface area contributed by atoms with Crippen LogP contribution in [0.2, 0.25) is 0 Å². The molecule has 0 unspecified atom stereocenters. The summed E-state index contributed by atoms with van der Waals surface area (Å²) in [6, 6.07) is 4.85. The summed E-state index contributed by atoms with van der Waals surface area (Å²) in [7, 11) is 3.05. The third-order valence-corrected chi connectivity index (χ3v) is 3.96. The second kappa shape index (κ2) is 5.68. The minimum absolute atomic E-state index is 0.283. The number of aromatic nitrogens is 4. The summed E-state index contributed by atoms with van der Waals surface area (Å²) in [4.78, 5) is 23.5. The summed E-state index contributed by atoms with van der Waals surface area (Å²) in [6.07, 6.45) is 1.52. The molecule has 0 fully saturated rings. The van der Waals surface area contributed by atoms with Crippen LogP contribution in [-0.2, 0) is 19.8 Å². The SMILES string of the molecule is Cn1c(CSc2nnc(-c3ccco3)o2)cc(=O)n(C)c1=O. The van der Waals surface area contributed by atoms with Gasteiger partial charge >= 0.3 is 5.69 Å². The van der Waals surface area contributed by atoms with E-state index in [4.69, 9.17) is 8.83 Å². The van der Waals surface area contributed by atoms with Crippen LogP contribution in [0.15, 0.2) is 48.1 Å². The molecule has 0 aliphatic rings. The molecule has 0 saturated heterocycles. The largest absolute Gasteiger partial charge is 0.459 e. The van der Waals surface area contributed by atoms with Gasteiger partial charge in [0.15, 0.2) is 5.76 Å². The van der Waals surface area contributed by atoms with Gasteiger partial charge in [0.2, 0.25) is 0 Å². The van der Waals surface area contributed by atoms with Crippen LogP contribution in [0.4, 0.5) is 0 Å². The van der Waals surface area contributed by atoms with Crippen LogP contribution >= 0.6 is 11.8 Å². The molecule has 0 atom stereocenters. The standard InChI is InChI=1S/C13H12N4O4S/c1-16-8(6-10(18)17(2)13(16)19)7-22-12-15-14-11(21-12)9-4-3-5-20-9/h3-6H,7H2,1-2H3.